The maximum atomic E-state index is 5.49. The van der Waals surface area contributed by atoms with Crippen LogP contribution in [0.1, 0.15) is 24.6 Å². The van der Waals surface area contributed by atoms with E-state index in [0.29, 0.717) is 6.61 Å². The Bertz CT molecular complexity index is 319. The number of aromatic nitrogens is 1. The summed E-state index contributed by atoms with van der Waals surface area (Å²) in [6.45, 7) is 7.98. The fourth-order valence-electron chi connectivity index (χ4n) is 1.27. The fourth-order valence-corrected chi connectivity index (χ4v) is 1.27. The third kappa shape index (κ3) is 5.05. The molecule has 1 aromatic rings. The van der Waals surface area contributed by atoms with Crippen molar-refractivity contribution in [3.05, 3.63) is 41.7 Å². The van der Waals surface area contributed by atoms with Crippen molar-refractivity contribution in [2.45, 2.75) is 26.5 Å². The van der Waals surface area contributed by atoms with Crippen LogP contribution in [0.2, 0.25) is 0 Å². The van der Waals surface area contributed by atoms with Gasteiger partial charge in [-0.3, -0.25) is 4.98 Å². The first-order valence-corrected chi connectivity index (χ1v) is 5.53. The van der Waals surface area contributed by atoms with E-state index in [1.54, 1.807) is 0 Å². The van der Waals surface area contributed by atoms with Gasteiger partial charge in [0.1, 0.15) is 0 Å². The SMILES string of the molecule is C=C(C)CCOCc1ccc(CNC)cn1. The summed E-state index contributed by atoms with van der Waals surface area (Å²) in [6.07, 6.45) is 2.80. The van der Waals surface area contributed by atoms with E-state index in [1.165, 1.54) is 5.56 Å². The molecule has 0 bridgehead atoms. The number of pyridine rings is 1. The van der Waals surface area contributed by atoms with Crippen LogP contribution >= 0.6 is 0 Å². The third-order valence-electron chi connectivity index (χ3n) is 2.19. The summed E-state index contributed by atoms with van der Waals surface area (Å²) >= 11 is 0. The second kappa shape index (κ2) is 7.14. The van der Waals surface area contributed by atoms with Gasteiger partial charge in [0.2, 0.25) is 0 Å². The van der Waals surface area contributed by atoms with Crippen LogP contribution in [0.25, 0.3) is 0 Å². The van der Waals surface area contributed by atoms with Crippen molar-refractivity contribution in [1.82, 2.24) is 10.3 Å². The quantitative estimate of drug-likeness (QED) is 0.565. The smallest absolute Gasteiger partial charge is 0.0887 e. The molecule has 1 heterocycles. The summed E-state index contributed by atoms with van der Waals surface area (Å²) in [5.41, 5.74) is 3.31. The number of nitrogens with one attached hydrogen (secondary N) is 1. The van der Waals surface area contributed by atoms with Gasteiger partial charge in [-0.2, -0.15) is 0 Å². The Hall–Kier alpha value is -1.19. The molecule has 0 fully saturated rings. The lowest BCUT2D eigenvalue weighted by molar-refractivity contribution is 0.121. The standard InChI is InChI=1S/C13H20N2O/c1-11(2)6-7-16-10-13-5-4-12(8-14-3)9-15-13/h4-5,9,14H,1,6-8,10H2,2-3H3. The molecule has 0 atom stereocenters. The molecule has 0 saturated heterocycles. The van der Waals surface area contributed by atoms with Crippen molar-refractivity contribution in [1.29, 1.82) is 0 Å². The zero-order valence-electron chi connectivity index (χ0n) is 10.1. The minimum Gasteiger partial charge on any atom is -0.375 e. The maximum Gasteiger partial charge on any atom is 0.0887 e. The molecule has 16 heavy (non-hydrogen) atoms. The fraction of sp³-hybridized carbons (Fsp3) is 0.462. The molecule has 1 aromatic heterocycles. The van der Waals surface area contributed by atoms with Crippen LogP contribution in [0.4, 0.5) is 0 Å². The first-order valence-electron chi connectivity index (χ1n) is 5.53. The Morgan fingerprint density at radius 2 is 2.31 bits per heavy atom. The second-order valence-electron chi connectivity index (χ2n) is 3.95. The molecule has 1 rings (SSSR count). The lowest BCUT2D eigenvalue weighted by Crippen LogP contribution is -2.06. The molecule has 0 radical (unpaired) electrons. The van der Waals surface area contributed by atoms with Gasteiger partial charge in [-0.25, -0.2) is 0 Å². The molecule has 0 amide bonds. The van der Waals surface area contributed by atoms with Crippen molar-refractivity contribution in [2.75, 3.05) is 13.7 Å². The minimum absolute atomic E-state index is 0.577. The van der Waals surface area contributed by atoms with Crippen LogP contribution in [-0.4, -0.2) is 18.6 Å². The average molecular weight is 220 g/mol. The molecule has 0 spiro atoms. The highest BCUT2D eigenvalue weighted by Crippen LogP contribution is 2.03. The molecule has 0 unspecified atom stereocenters. The topological polar surface area (TPSA) is 34.1 Å². The van der Waals surface area contributed by atoms with E-state index >= 15 is 0 Å². The van der Waals surface area contributed by atoms with Crippen LogP contribution < -0.4 is 5.32 Å². The van der Waals surface area contributed by atoms with Crippen molar-refractivity contribution in [2.24, 2.45) is 0 Å². The van der Waals surface area contributed by atoms with Crippen molar-refractivity contribution in [3.63, 3.8) is 0 Å². The van der Waals surface area contributed by atoms with Crippen LogP contribution in [0, 0.1) is 0 Å². The van der Waals surface area contributed by atoms with Crippen LogP contribution in [-0.2, 0) is 17.9 Å². The maximum absolute atomic E-state index is 5.49. The summed E-state index contributed by atoms with van der Waals surface area (Å²) in [4.78, 5) is 4.33. The minimum atomic E-state index is 0.577. The van der Waals surface area contributed by atoms with Gasteiger partial charge in [0.25, 0.3) is 0 Å². The van der Waals surface area contributed by atoms with Crippen molar-refractivity contribution >= 4 is 0 Å². The Morgan fingerprint density at radius 1 is 1.50 bits per heavy atom. The molecule has 3 heteroatoms. The molecule has 0 saturated carbocycles. The van der Waals surface area contributed by atoms with Gasteiger partial charge < -0.3 is 10.1 Å². The first kappa shape index (κ1) is 12.9. The number of hydrogen-bond acceptors (Lipinski definition) is 3. The van der Waals surface area contributed by atoms with E-state index in [0.717, 1.165) is 30.8 Å². The van der Waals surface area contributed by atoms with E-state index in [4.69, 9.17) is 4.74 Å². The Labute approximate surface area is 97.5 Å². The van der Waals surface area contributed by atoms with Gasteiger partial charge >= 0.3 is 0 Å². The predicted octanol–water partition coefficient (Wildman–Crippen LogP) is 2.28. The lowest BCUT2D eigenvalue weighted by Gasteiger charge is -2.04. The Morgan fingerprint density at radius 3 is 2.88 bits per heavy atom. The zero-order valence-corrected chi connectivity index (χ0v) is 10.1. The molecule has 0 aliphatic heterocycles. The van der Waals surface area contributed by atoms with E-state index in [9.17, 15) is 0 Å². The summed E-state index contributed by atoms with van der Waals surface area (Å²) in [6, 6.07) is 4.08. The van der Waals surface area contributed by atoms with E-state index < -0.39 is 0 Å². The van der Waals surface area contributed by atoms with Gasteiger partial charge in [-0.05, 0) is 32.0 Å². The Kier molecular flexibility index (Phi) is 5.75. The first-order chi connectivity index (χ1) is 7.72. The molecule has 1 N–H and O–H groups in total. The number of rotatable bonds is 7. The average Bonchev–Trinajstić information content (AvgIpc) is 2.27. The van der Waals surface area contributed by atoms with Crippen molar-refractivity contribution in [3.8, 4) is 0 Å². The largest absolute Gasteiger partial charge is 0.375 e. The highest BCUT2D eigenvalue weighted by molar-refractivity contribution is 5.13. The number of hydrogen-bond donors (Lipinski definition) is 1. The van der Waals surface area contributed by atoms with Gasteiger partial charge in [-0.15, -0.1) is 6.58 Å². The monoisotopic (exact) mass is 220 g/mol. The zero-order chi connectivity index (χ0) is 11.8. The van der Waals surface area contributed by atoms with Crippen LogP contribution in [0.3, 0.4) is 0 Å². The second-order valence-corrected chi connectivity index (χ2v) is 3.95. The van der Waals surface area contributed by atoms with E-state index in [1.807, 2.05) is 26.2 Å². The summed E-state index contributed by atoms with van der Waals surface area (Å²) in [5.74, 6) is 0. The molecular formula is C13H20N2O. The van der Waals surface area contributed by atoms with Crippen LogP contribution in [0.5, 0.6) is 0 Å². The highest BCUT2D eigenvalue weighted by atomic mass is 16.5. The summed E-state index contributed by atoms with van der Waals surface area (Å²) < 4.78 is 5.49. The molecule has 0 aromatic carbocycles. The van der Waals surface area contributed by atoms with Crippen molar-refractivity contribution < 1.29 is 4.74 Å². The van der Waals surface area contributed by atoms with Gasteiger partial charge in [0.15, 0.2) is 0 Å². The number of nitrogens with zero attached hydrogens (tertiary/aromatic N) is 1. The molecule has 88 valence electrons. The molecule has 0 aliphatic carbocycles. The summed E-state index contributed by atoms with van der Waals surface area (Å²) in [5, 5.41) is 3.09. The Balaban J connectivity index is 2.29. The van der Waals surface area contributed by atoms with Gasteiger partial charge in [0.05, 0.1) is 18.9 Å². The highest BCUT2D eigenvalue weighted by Gasteiger charge is 1.96. The third-order valence-corrected chi connectivity index (χ3v) is 2.19. The molecule has 0 aliphatic rings. The summed E-state index contributed by atoms with van der Waals surface area (Å²) in [7, 11) is 1.93. The van der Waals surface area contributed by atoms with Gasteiger partial charge in [-0.1, -0.05) is 11.6 Å². The normalized spacial score (nSPS) is 10.4. The van der Waals surface area contributed by atoms with E-state index in [2.05, 4.69) is 22.9 Å². The van der Waals surface area contributed by atoms with E-state index in [-0.39, 0.29) is 0 Å². The number of ether oxygens (including phenoxy) is 1. The predicted molar refractivity (Wildman–Crippen MR) is 66.1 cm³/mol. The molecular weight excluding hydrogens is 200 g/mol. The van der Waals surface area contributed by atoms with Gasteiger partial charge in [0, 0.05) is 12.7 Å². The lowest BCUT2D eigenvalue weighted by atomic mass is 10.2. The molecule has 3 nitrogen and oxygen atoms in total. The van der Waals surface area contributed by atoms with Crippen LogP contribution in [0.15, 0.2) is 30.5 Å².